The van der Waals surface area contributed by atoms with Crippen molar-refractivity contribution in [3.05, 3.63) is 41.7 Å². The highest BCUT2D eigenvalue weighted by Gasteiger charge is 2.07. The fourth-order valence-corrected chi connectivity index (χ4v) is 3.58. The van der Waals surface area contributed by atoms with E-state index in [9.17, 15) is 9.18 Å². The summed E-state index contributed by atoms with van der Waals surface area (Å²) < 4.78 is 18.8. The van der Waals surface area contributed by atoms with E-state index in [-0.39, 0.29) is 5.96 Å². The number of nitrogens with one attached hydrogen (secondary N) is 3. The first-order valence-electron chi connectivity index (χ1n) is 5.19. The maximum atomic E-state index is 12.9. The number of guanidine groups is 1. The third kappa shape index (κ3) is 4.38. The molecule has 2 rings (SSSR count). The molecule has 0 radical (unpaired) electrons. The van der Waals surface area contributed by atoms with E-state index < -0.39 is 22.1 Å². The van der Waals surface area contributed by atoms with Gasteiger partial charge in [-0.25, -0.2) is 9.18 Å². The summed E-state index contributed by atoms with van der Waals surface area (Å²) in [6, 6.07) is 4.86. The highest BCUT2D eigenvalue weighted by Crippen LogP contribution is 2.37. The summed E-state index contributed by atoms with van der Waals surface area (Å²) in [5.74, 6) is -0.433. The molecule has 9 heteroatoms. The van der Waals surface area contributed by atoms with Gasteiger partial charge in [0.05, 0.1) is 0 Å². The molecule has 0 bridgehead atoms. The fraction of sp³-hybridized carbons (Fsp3) is 0. The van der Waals surface area contributed by atoms with Crippen LogP contribution in [0.25, 0.3) is 0 Å². The summed E-state index contributed by atoms with van der Waals surface area (Å²) in [5.41, 5.74) is 5.90. The van der Waals surface area contributed by atoms with Crippen molar-refractivity contribution >= 4 is 38.8 Å². The van der Waals surface area contributed by atoms with Crippen LogP contribution >= 0.6 is 21.1 Å². The minimum absolute atomic E-state index is 0.00344. The van der Waals surface area contributed by atoms with Crippen molar-refractivity contribution in [3.63, 3.8) is 0 Å². The van der Waals surface area contributed by atoms with Crippen LogP contribution in [0.4, 0.5) is 14.9 Å². The molecule has 0 aliphatic carbocycles. The number of anilines is 1. The summed E-state index contributed by atoms with van der Waals surface area (Å²) in [6.45, 7) is 0. The van der Waals surface area contributed by atoms with Crippen molar-refractivity contribution in [1.29, 1.82) is 0 Å². The molecule has 2 amide bonds. The van der Waals surface area contributed by atoms with Gasteiger partial charge in [-0.1, -0.05) is 6.07 Å². The van der Waals surface area contributed by atoms with Crippen LogP contribution in [0.3, 0.4) is 0 Å². The number of thiol groups is 1. The minimum Gasteiger partial charge on any atom is -0.369 e. The zero-order valence-corrected chi connectivity index (χ0v) is 11.3. The Kier molecular flexibility index (Phi) is 4.53. The van der Waals surface area contributed by atoms with Crippen molar-refractivity contribution < 1.29 is 9.18 Å². The van der Waals surface area contributed by atoms with Crippen LogP contribution in [0, 0.1) is 5.82 Å². The standard InChI is InChI=1S/C10H12FN5OS2/c11-7-2-1-3-8(6-7)14-10(17)15-9(12)16-19-13-4-5-18-19/h1-6,13,19H,(H4,12,14,15,16,17). The SMILES string of the molecule is NC(=NC(=O)Nc1cccc(F)c1)N[SH]1NC=CS1. The second kappa shape index (κ2) is 6.34. The van der Waals surface area contributed by atoms with Gasteiger partial charge in [-0.2, -0.15) is 4.99 Å². The van der Waals surface area contributed by atoms with E-state index in [1.165, 1.54) is 29.0 Å². The van der Waals surface area contributed by atoms with Gasteiger partial charge in [0.2, 0.25) is 5.96 Å². The number of carbonyl (C=O) groups is 1. The topological polar surface area (TPSA) is 91.5 Å². The number of halogens is 1. The lowest BCUT2D eigenvalue weighted by molar-refractivity contribution is 0.259. The molecular weight excluding hydrogens is 289 g/mol. The molecule has 0 spiro atoms. The number of nitrogens with zero attached hydrogens (tertiary/aromatic N) is 1. The lowest BCUT2D eigenvalue weighted by atomic mass is 10.3. The average molecular weight is 301 g/mol. The van der Waals surface area contributed by atoms with Crippen LogP contribution in [0.5, 0.6) is 0 Å². The molecule has 1 aromatic rings. The smallest absolute Gasteiger partial charge is 0.348 e. The summed E-state index contributed by atoms with van der Waals surface area (Å²) in [5, 5.41) is 4.29. The maximum absolute atomic E-state index is 12.9. The maximum Gasteiger partial charge on any atom is 0.348 e. The van der Waals surface area contributed by atoms with Crippen LogP contribution in [-0.4, -0.2) is 12.0 Å². The van der Waals surface area contributed by atoms with Gasteiger partial charge < -0.3 is 15.8 Å². The average Bonchev–Trinajstić information content (AvgIpc) is 2.81. The van der Waals surface area contributed by atoms with Crippen LogP contribution in [-0.2, 0) is 0 Å². The molecule has 6 nitrogen and oxygen atoms in total. The summed E-state index contributed by atoms with van der Waals surface area (Å²) in [7, 11) is 0.754. The number of benzene rings is 1. The lowest BCUT2D eigenvalue weighted by Gasteiger charge is -2.16. The normalized spacial score (nSPS) is 19.8. The van der Waals surface area contributed by atoms with Crippen molar-refractivity contribution in [2.75, 3.05) is 5.32 Å². The quantitative estimate of drug-likeness (QED) is 0.249. The molecule has 1 aromatic carbocycles. The highest BCUT2D eigenvalue weighted by molar-refractivity contribution is 8.85. The number of hydrogen-bond acceptors (Lipinski definition) is 3. The number of urea groups is 1. The van der Waals surface area contributed by atoms with Crippen LogP contribution < -0.4 is 20.5 Å². The number of aliphatic imine (C=N–C) groups is 1. The molecular formula is C10H12FN5OS2. The monoisotopic (exact) mass is 301 g/mol. The lowest BCUT2D eigenvalue weighted by Crippen LogP contribution is -2.32. The molecule has 0 saturated carbocycles. The van der Waals surface area contributed by atoms with Gasteiger partial charge in [0.1, 0.15) is 5.82 Å². The molecule has 1 atom stereocenters. The molecule has 1 heterocycles. The molecule has 1 aliphatic rings. The summed E-state index contributed by atoms with van der Waals surface area (Å²) >= 11 is 0. The van der Waals surface area contributed by atoms with Gasteiger partial charge in [-0.05, 0) is 44.7 Å². The third-order valence-electron chi connectivity index (χ3n) is 1.94. The van der Waals surface area contributed by atoms with Gasteiger partial charge in [0.15, 0.2) is 0 Å². The summed E-state index contributed by atoms with van der Waals surface area (Å²) in [4.78, 5) is 15.1. The van der Waals surface area contributed by atoms with Crippen molar-refractivity contribution in [2.24, 2.45) is 10.7 Å². The Morgan fingerprint density at radius 2 is 2.37 bits per heavy atom. The molecule has 102 valence electrons. The van der Waals surface area contributed by atoms with Crippen molar-refractivity contribution in [2.45, 2.75) is 0 Å². The molecule has 19 heavy (non-hydrogen) atoms. The number of rotatable bonds is 2. The van der Waals surface area contributed by atoms with Gasteiger partial charge in [-0.15, -0.1) is 0 Å². The van der Waals surface area contributed by atoms with E-state index in [0.29, 0.717) is 5.69 Å². The van der Waals surface area contributed by atoms with E-state index >= 15 is 0 Å². The Hall–Kier alpha value is -1.87. The second-order valence-corrected chi connectivity index (χ2v) is 6.66. The largest absolute Gasteiger partial charge is 0.369 e. The van der Waals surface area contributed by atoms with Gasteiger partial charge >= 0.3 is 6.03 Å². The van der Waals surface area contributed by atoms with E-state index in [2.05, 4.69) is 19.8 Å². The predicted octanol–water partition coefficient (Wildman–Crippen LogP) is 1.82. The Morgan fingerprint density at radius 3 is 3.05 bits per heavy atom. The number of nitrogens with two attached hydrogens (primary N) is 1. The first-order valence-corrected chi connectivity index (χ1v) is 8.01. The minimum atomic E-state index is -0.770. The third-order valence-corrected chi connectivity index (χ3v) is 4.81. The molecule has 1 aliphatic heterocycles. The molecule has 0 saturated heterocycles. The fourth-order valence-electron chi connectivity index (χ4n) is 1.23. The van der Waals surface area contributed by atoms with E-state index in [4.69, 9.17) is 5.73 Å². The van der Waals surface area contributed by atoms with E-state index in [1.807, 2.05) is 5.41 Å². The Bertz CT molecular complexity index is 528. The number of amides is 2. The van der Waals surface area contributed by atoms with Gasteiger partial charge in [0.25, 0.3) is 0 Å². The van der Waals surface area contributed by atoms with Crippen LogP contribution in [0.15, 0.2) is 40.9 Å². The Balaban J connectivity index is 1.89. The first-order chi connectivity index (χ1) is 9.13. The molecule has 1 unspecified atom stereocenters. The van der Waals surface area contributed by atoms with Crippen LogP contribution in [0.2, 0.25) is 0 Å². The van der Waals surface area contributed by atoms with Crippen molar-refractivity contribution in [1.82, 2.24) is 9.44 Å². The van der Waals surface area contributed by atoms with Gasteiger partial charge in [-0.3, -0.25) is 4.72 Å². The Morgan fingerprint density at radius 1 is 1.53 bits per heavy atom. The Labute approximate surface area is 115 Å². The molecule has 0 fully saturated rings. The highest BCUT2D eigenvalue weighted by atomic mass is 33.1. The molecule has 0 aromatic heterocycles. The van der Waals surface area contributed by atoms with E-state index in [1.54, 1.807) is 12.3 Å². The van der Waals surface area contributed by atoms with E-state index in [0.717, 1.165) is 0 Å². The van der Waals surface area contributed by atoms with Crippen LogP contribution in [0.1, 0.15) is 0 Å². The number of carbonyl (C=O) groups excluding carboxylic acids is 1. The number of hydrogen-bond donors (Lipinski definition) is 5. The zero-order valence-electron chi connectivity index (χ0n) is 9.63. The van der Waals surface area contributed by atoms with Gasteiger partial charge in [0, 0.05) is 11.9 Å². The second-order valence-electron chi connectivity index (χ2n) is 3.38. The summed E-state index contributed by atoms with van der Waals surface area (Å²) in [6.07, 6.45) is 1.78. The first kappa shape index (κ1) is 13.6. The van der Waals surface area contributed by atoms with Crippen molar-refractivity contribution in [3.8, 4) is 0 Å². The zero-order chi connectivity index (χ0) is 13.7. The predicted molar refractivity (Wildman–Crippen MR) is 79.0 cm³/mol. The molecule has 5 N–H and O–H groups in total.